The zero-order valence-electron chi connectivity index (χ0n) is 21.3. The van der Waals surface area contributed by atoms with E-state index in [4.69, 9.17) is 0 Å². The first-order valence-corrected chi connectivity index (χ1v) is 13.2. The molecule has 0 unspecified atom stereocenters. The third-order valence-electron chi connectivity index (χ3n) is 7.12. The molecule has 0 spiro atoms. The van der Waals surface area contributed by atoms with Gasteiger partial charge in [0.25, 0.3) is 5.91 Å². The van der Waals surface area contributed by atoms with Crippen LogP contribution in [-0.2, 0) is 13.0 Å². The van der Waals surface area contributed by atoms with Crippen LogP contribution in [0.25, 0.3) is 22.0 Å². The monoisotopic (exact) mass is 503 g/mol. The minimum Gasteiger partial charge on any atom is -0.319 e. The topological polar surface area (TPSA) is 88.0 Å². The van der Waals surface area contributed by atoms with Gasteiger partial charge in [-0.05, 0) is 73.3 Å². The Morgan fingerprint density at radius 3 is 2.63 bits per heavy atom. The molecular formula is C31H31N6O+. The van der Waals surface area contributed by atoms with E-state index in [-0.39, 0.29) is 5.91 Å². The molecule has 38 heavy (non-hydrogen) atoms. The molecule has 190 valence electrons. The summed E-state index contributed by atoms with van der Waals surface area (Å²) in [5, 5.41) is 11.1. The Bertz CT molecular complexity index is 1560. The number of anilines is 1. The Kier molecular flexibility index (Phi) is 6.91. The number of H-pyrrole nitrogens is 2. The van der Waals surface area contributed by atoms with Crippen molar-refractivity contribution >= 4 is 22.5 Å². The Morgan fingerprint density at radius 2 is 1.76 bits per heavy atom. The number of hydrogen-bond donors (Lipinski definition) is 2. The van der Waals surface area contributed by atoms with Gasteiger partial charge in [0.1, 0.15) is 0 Å². The number of aromatic nitrogens is 4. The maximum atomic E-state index is 13.2. The van der Waals surface area contributed by atoms with E-state index in [2.05, 4.69) is 60.8 Å². The number of likely N-dealkylation sites (tertiary alicyclic amines) is 1. The summed E-state index contributed by atoms with van der Waals surface area (Å²) in [6.07, 6.45) is 12.2. The minimum atomic E-state index is -0.266. The standard InChI is InChI=1S/C31H30N6O/c38-31(34-27-15-23(17-33-20-27)13-22-7-3-1-4-8-22)30-28-16-25(9-10-29(28)35-36-30)26-14-24(18-32-19-26)21-37-11-5-2-6-12-37/h1,3-4,7-10,14-20H,2,5-6,11-13,21H2,(H,34,38)(H,35,36)/p+1. The summed E-state index contributed by atoms with van der Waals surface area (Å²) in [6, 6.07) is 20.5. The molecule has 3 N–H and O–H groups in total. The number of benzene rings is 2. The van der Waals surface area contributed by atoms with Crippen LogP contribution in [0.15, 0.2) is 85.5 Å². The lowest BCUT2D eigenvalue weighted by molar-refractivity contribution is -0.378. The van der Waals surface area contributed by atoms with Gasteiger partial charge in [0.2, 0.25) is 0 Å². The number of rotatable bonds is 7. The van der Waals surface area contributed by atoms with E-state index in [1.807, 2.05) is 48.8 Å². The SMILES string of the molecule is O=C(Nc1cncc(Cc2ccccc2)c1)c1n[nH]c2ccc(-c3c[nH+]cc(CN4CCCCC4)c3)cc12. The van der Waals surface area contributed by atoms with Crippen LogP contribution >= 0.6 is 0 Å². The van der Waals surface area contributed by atoms with Gasteiger partial charge in [0.05, 0.1) is 17.4 Å². The Labute approximate surface area is 222 Å². The Morgan fingerprint density at radius 1 is 0.895 bits per heavy atom. The van der Waals surface area contributed by atoms with Crippen LogP contribution in [0.4, 0.5) is 5.69 Å². The smallest absolute Gasteiger partial charge is 0.276 e. The first kappa shape index (κ1) is 24.0. The highest BCUT2D eigenvalue weighted by molar-refractivity contribution is 6.11. The minimum absolute atomic E-state index is 0.266. The van der Waals surface area contributed by atoms with Crippen LogP contribution in [0.5, 0.6) is 0 Å². The fourth-order valence-electron chi connectivity index (χ4n) is 5.20. The summed E-state index contributed by atoms with van der Waals surface area (Å²) in [6.45, 7) is 3.27. The summed E-state index contributed by atoms with van der Waals surface area (Å²) in [5.41, 5.74) is 7.45. The number of carbonyl (C=O) groups excluding carboxylic acids is 1. The number of aromatic amines is 2. The highest BCUT2D eigenvalue weighted by Crippen LogP contribution is 2.26. The lowest BCUT2D eigenvalue weighted by Gasteiger charge is -2.25. The largest absolute Gasteiger partial charge is 0.319 e. The number of piperidine rings is 1. The molecular weight excluding hydrogens is 472 g/mol. The molecule has 1 amide bonds. The molecule has 0 radical (unpaired) electrons. The number of amides is 1. The van der Waals surface area contributed by atoms with E-state index < -0.39 is 0 Å². The summed E-state index contributed by atoms with van der Waals surface area (Å²) in [4.78, 5) is 23.4. The van der Waals surface area contributed by atoms with Gasteiger partial charge in [-0.25, -0.2) is 4.98 Å². The summed E-state index contributed by atoms with van der Waals surface area (Å²) in [7, 11) is 0. The number of carbonyl (C=O) groups is 1. The van der Waals surface area contributed by atoms with Crippen molar-refractivity contribution in [2.45, 2.75) is 32.2 Å². The predicted molar refractivity (Wildman–Crippen MR) is 149 cm³/mol. The number of nitrogens with zero attached hydrogens (tertiary/aromatic N) is 3. The first-order chi connectivity index (χ1) is 18.7. The van der Waals surface area contributed by atoms with Crippen molar-refractivity contribution in [1.29, 1.82) is 0 Å². The van der Waals surface area contributed by atoms with Crippen molar-refractivity contribution in [2.75, 3.05) is 18.4 Å². The van der Waals surface area contributed by atoms with Crippen molar-refractivity contribution in [2.24, 2.45) is 0 Å². The van der Waals surface area contributed by atoms with Gasteiger partial charge in [-0.3, -0.25) is 19.8 Å². The summed E-state index contributed by atoms with van der Waals surface area (Å²) in [5.74, 6) is -0.266. The quantitative estimate of drug-likeness (QED) is 0.317. The van der Waals surface area contributed by atoms with Crippen LogP contribution in [0.1, 0.15) is 46.4 Å². The van der Waals surface area contributed by atoms with Crippen molar-refractivity contribution < 1.29 is 9.78 Å². The maximum Gasteiger partial charge on any atom is 0.276 e. The molecule has 0 saturated carbocycles. The van der Waals surface area contributed by atoms with Crippen LogP contribution in [0.2, 0.25) is 0 Å². The lowest BCUT2D eigenvalue weighted by Crippen LogP contribution is -2.29. The molecule has 1 aliphatic heterocycles. The van der Waals surface area contributed by atoms with Crippen molar-refractivity contribution in [1.82, 2.24) is 20.1 Å². The molecule has 1 fully saturated rings. The third-order valence-corrected chi connectivity index (χ3v) is 7.12. The van der Waals surface area contributed by atoms with Gasteiger partial charge in [0, 0.05) is 29.3 Å². The molecule has 0 bridgehead atoms. The fraction of sp³-hybridized carbons (Fsp3) is 0.226. The van der Waals surface area contributed by atoms with Crippen molar-refractivity contribution in [3.63, 3.8) is 0 Å². The summed E-state index contributed by atoms with van der Waals surface area (Å²) < 4.78 is 0. The molecule has 4 heterocycles. The van der Waals surface area contributed by atoms with E-state index in [0.29, 0.717) is 11.4 Å². The van der Waals surface area contributed by atoms with Crippen LogP contribution < -0.4 is 10.3 Å². The molecule has 0 aliphatic carbocycles. The highest BCUT2D eigenvalue weighted by atomic mass is 16.1. The van der Waals surface area contributed by atoms with Gasteiger partial charge in [-0.2, -0.15) is 5.10 Å². The second-order valence-corrected chi connectivity index (χ2v) is 10.00. The van der Waals surface area contributed by atoms with E-state index in [9.17, 15) is 4.79 Å². The van der Waals surface area contributed by atoms with Crippen molar-refractivity contribution in [3.8, 4) is 11.1 Å². The van der Waals surface area contributed by atoms with Gasteiger partial charge >= 0.3 is 0 Å². The number of pyridine rings is 2. The van der Waals surface area contributed by atoms with E-state index >= 15 is 0 Å². The number of nitrogens with one attached hydrogen (secondary N) is 3. The van der Waals surface area contributed by atoms with Gasteiger partial charge in [-0.15, -0.1) is 0 Å². The normalized spacial score (nSPS) is 14.0. The molecule has 7 heteroatoms. The maximum absolute atomic E-state index is 13.2. The fourth-order valence-corrected chi connectivity index (χ4v) is 5.20. The molecule has 6 rings (SSSR count). The average Bonchev–Trinajstić information content (AvgIpc) is 3.38. The van der Waals surface area contributed by atoms with Gasteiger partial charge in [-0.1, -0.05) is 42.8 Å². The molecule has 5 aromatic rings. The molecule has 1 saturated heterocycles. The Hall–Kier alpha value is -4.36. The lowest BCUT2D eigenvalue weighted by atomic mass is 10.0. The van der Waals surface area contributed by atoms with Gasteiger partial charge in [0.15, 0.2) is 18.1 Å². The second kappa shape index (κ2) is 10.9. The number of hydrogen-bond acceptors (Lipinski definition) is 4. The van der Waals surface area contributed by atoms with E-state index in [1.54, 1.807) is 6.20 Å². The van der Waals surface area contributed by atoms with E-state index in [1.165, 1.54) is 30.4 Å². The molecule has 0 atom stereocenters. The third kappa shape index (κ3) is 5.48. The second-order valence-electron chi connectivity index (χ2n) is 10.00. The van der Waals surface area contributed by atoms with Crippen LogP contribution in [0.3, 0.4) is 0 Å². The van der Waals surface area contributed by atoms with E-state index in [0.717, 1.165) is 53.6 Å². The summed E-state index contributed by atoms with van der Waals surface area (Å²) >= 11 is 0. The van der Waals surface area contributed by atoms with Crippen LogP contribution in [0, 0.1) is 0 Å². The average molecular weight is 504 g/mol. The van der Waals surface area contributed by atoms with Crippen molar-refractivity contribution in [3.05, 3.63) is 108 Å². The highest BCUT2D eigenvalue weighted by Gasteiger charge is 2.17. The zero-order chi connectivity index (χ0) is 25.7. The molecule has 2 aromatic carbocycles. The molecule has 1 aliphatic rings. The Balaban J connectivity index is 1.21. The molecule has 3 aromatic heterocycles. The molecule has 7 nitrogen and oxygen atoms in total. The van der Waals surface area contributed by atoms with Gasteiger partial charge < -0.3 is 5.32 Å². The van der Waals surface area contributed by atoms with Crippen LogP contribution in [-0.4, -0.2) is 39.1 Å². The predicted octanol–water partition coefficient (Wildman–Crippen LogP) is 5.27. The number of fused-ring (bicyclic) bond motifs is 1. The zero-order valence-corrected chi connectivity index (χ0v) is 21.3. The first-order valence-electron chi connectivity index (χ1n) is 13.2.